The Morgan fingerprint density at radius 3 is 2.82 bits per heavy atom. The quantitative estimate of drug-likeness (QED) is 0.698. The van der Waals surface area contributed by atoms with Crippen molar-refractivity contribution in [3.8, 4) is 0 Å². The van der Waals surface area contributed by atoms with Crippen LogP contribution in [0.2, 0.25) is 0 Å². The molecule has 4 heteroatoms. The fourth-order valence-corrected chi connectivity index (χ4v) is 1.65. The number of nitrogens with zero attached hydrogens (tertiary/aromatic N) is 1. The maximum Gasteiger partial charge on any atom is 0.251 e. The Bertz CT molecular complexity index is 414. The molecule has 1 unspecified atom stereocenters. The number of amides is 1. The highest BCUT2D eigenvalue weighted by molar-refractivity contribution is 5.94. The summed E-state index contributed by atoms with van der Waals surface area (Å²) in [7, 11) is 0. The monoisotopic (exact) mass is 230 g/mol. The van der Waals surface area contributed by atoms with Crippen molar-refractivity contribution in [1.82, 2.24) is 5.32 Å². The molecule has 0 radical (unpaired) electrons. The van der Waals surface area contributed by atoms with E-state index in [0.717, 1.165) is 13.0 Å². The minimum atomic E-state index is -0.00812. The molecule has 0 aromatic heterocycles. The van der Waals surface area contributed by atoms with Gasteiger partial charge in [0.05, 0.1) is 12.7 Å². The first-order valence-corrected chi connectivity index (χ1v) is 5.75. The van der Waals surface area contributed by atoms with Gasteiger partial charge in [-0.25, -0.2) is 4.99 Å². The van der Waals surface area contributed by atoms with Gasteiger partial charge in [-0.1, -0.05) is 18.2 Å². The molecule has 1 aliphatic rings. The Balaban J connectivity index is 1.67. The van der Waals surface area contributed by atoms with Gasteiger partial charge in [0.25, 0.3) is 5.91 Å². The van der Waals surface area contributed by atoms with Crippen molar-refractivity contribution in [2.24, 2.45) is 4.99 Å². The van der Waals surface area contributed by atoms with Gasteiger partial charge in [0, 0.05) is 18.5 Å². The fraction of sp³-hybridized carbons (Fsp3) is 0.231. The predicted molar refractivity (Wildman–Crippen MR) is 66.9 cm³/mol. The molecule has 0 bridgehead atoms. The lowest BCUT2D eigenvalue weighted by molar-refractivity contribution is -0.736. The Labute approximate surface area is 101 Å². The summed E-state index contributed by atoms with van der Waals surface area (Å²) in [6, 6.07) is 9.27. The van der Waals surface area contributed by atoms with E-state index in [0.29, 0.717) is 12.1 Å². The SMILES string of the molecule is O=C(NCCC[NH+]1C=CN=C1)c1ccccc1. The third-order valence-electron chi connectivity index (χ3n) is 2.58. The van der Waals surface area contributed by atoms with Gasteiger partial charge in [0.1, 0.15) is 6.20 Å². The van der Waals surface area contributed by atoms with Gasteiger partial charge in [-0.2, -0.15) is 0 Å². The molecule has 1 amide bonds. The number of nitrogens with one attached hydrogen (secondary N) is 2. The van der Waals surface area contributed by atoms with E-state index in [2.05, 4.69) is 10.3 Å². The smallest absolute Gasteiger partial charge is 0.251 e. The molecule has 2 N–H and O–H groups in total. The lowest BCUT2D eigenvalue weighted by atomic mass is 10.2. The highest BCUT2D eigenvalue weighted by Gasteiger charge is 2.06. The van der Waals surface area contributed by atoms with Gasteiger partial charge in [0.15, 0.2) is 6.34 Å². The molecule has 0 saturated carbocycles. The van der Waals surface area contributed by atoms with Crippen LogP contribution in [0.5, 0.6) is 0 Å². The molecule has 0 aliphatic carbocycles. The van der Waals surface area contributed by atoms with E-state index in [1.807, 2.05) is 42.9 Å². The minimum Gasteiger partial charge on any atom is -0.352 e. The standard InChI is InChI=1S/C13H15N3O/c17-13(12-5-2-1-3-6-12)15-7-4-9-16-10-8-14-11-16/h1-3,5-6,8,10-11H,4,7,9H2,(H,15,17)/p+1. The third-order valence-corrected chi connectivity index (χ3v) is 2.58. The molecule has 17 heavy (non-hydrogen) atoms. The number of quaternary nitrogens is 1. The zero-order chi connectivity index (χ0) is 11.9. The zero-order valence-corrected chi connectivity index (χ0v) is 9.60. The van der Waals surface area contributed by atoms with Crippen molar-refractivity contribution in [3.63, 3.8) is 0 Å². The molecular formula is C13H16N3O+. The second-order valence-electron chi connectivity index (χ2n) is 3.89. The second-order valence-corrected chi connectivity index (χ2v) is 3.89. The van der Waals surface area contributed by atoms with Crippen LogP contribution in [0.1, 0.15) is 16.8 Å². The van der Waals surface area contributed by atoms with Gasteiger partial charge in [-0.05, 0) is 12.1 Å². The average Bonchev–Trinajstić information content (AvgIpc) is 2.88. The molecule has 1 heterocycles. The van der Waals surface area contributed by atoms with Crippen molar-refractivity contribution in [2.45, 2.75) is 6.42 Å². The summed E-state index contributed by atoms with van der Waals surface area (Å²) in [6.45, 7) is 1.65. The molecule has 0 spiro atoms. The van der Waals surface area contributed by atoms with Crippen LogP contribution in [0, 0.1) is 0 Å². The maximum absolute atomic E-state index is 11.7. The number of hydrogen-bond acceptors (Lipinski definition) is 2. The van der Waals surface area contributed by atoms with Crippen LogP contribution in [0.25, 0.3) is 0 Å². The summed E-state index contributed by atoms with van der Waals surface area (Å²) in [4.78, 5) is 16.9. The Morgan fingerprint density at radius 2 is 2.12 bits per heavy atom. The molecule has 1 aliphatic heterocycles. The topological polar surface area (TPSA) is 45.9 Å². The predicted octanol–water partition coefficient (Wildman–Crippen LogP) is 0.205. The van der Waals surface area contributed by atoms with Crippen LogP contribution in [0.15, 0.2) is 47.7 Å². The first kappa shape index (κ1) is 11.5. The van der Waals surface area contributed by atoms with Crippen LogP contribution < -0.4 is 10.2 Å². The summed E-state index contributed by atoms with van der Waals surface area (Å²) in [5.41, 5.74) is 0.711. The molecule has 0 fully saturated rings. The lowest BCUT2D eigenvalue weighted by Crippen LogP contribution is -3.05. The Morgan fingerprint density at radius 1 is 1.29 bits per heavy atom. The number of rotatable bonds is 5. The highest BCUT2D eigenvalue weighted by atomic mass is 16.1. The van der Waals surface area contributed by atoms with Crippen LogP contribution in [-0.4, -0.2) is 25.3 Å². The van der Waals surface area contributed by atoms with Crippen LogP contribution >= 0.6 is 0 Å². The van der Waals surface area contributed by atoms with Crippen molar-refractivity contribution in [3.05, 3.63) is 48.3 Å². The summed E-state index contributed by atoms with van der Waals surface area (Å²) in [5, 5.41) is 2.90. The molecule has 88 valence electrons. The zero-order valence-electron chi connectivity index (χ0n) is 9.60. The Kier molecular flexibility index (Phi) is 4.05. The summed E-state index contributed by atoms with van der Waals surface area (Å²) in [6.07, 6.45) is 6.58. The number of hydrogen-bond donors (Lipinski definition) is 2. The van der Waals surface area contributed by atoms with Gasteiger partial charge in [-0.3, -0.25) is 9.69 Å². The highest BCUT2D eigenvalue weighted by Crippen LogP contribution is 1.97. The fourth-order valence-electron chi connectivity index (χ4n) is 1.65. The maximum atomic E-state index is 11.7. The number of benzene rings is 1. The lowest BCUT2D eigenvalue weighted by Gasteiger charge is -2.07. The van der Waals surface area contributed by atoms with Gasteiger partial charge in [0.2, 0.25) is 0 Å². The van der Waals surface area contributed by atoms with Crippen LogP contribution in [0.4, 0.5) is 0 Å². The molecule has 1 aromatic carbocycles. The van der Waals surface area contributed by atoms with Crippen molar-refractivity contribution in [1.29, 1.82) is 0 Å². The summed E-state index contributed by atoms with van der Waals surface area (Å²) in [5.74, 6) is -0.00812. The number of carbonyl (C=O) groups excluding carboxylic acids is 1. The largest absolute Gasteiger partial charge is 0.352 e. The Hall–Kier alpha value is -1.94. The van der Waals surface area contributed by atoms with Gasteiger partial charge in [-0.15, -0.1) is 0 Å². The molecule has 1 aromatic rings. The molecule has 0 saturated heterocycles. The van der Waals surface area contributed by atoms with Gasteiger partial charge >= 0.3 is 0 Å². The van der Waals surface area contributed by atoms with E-state index in [1.54, 1.807) is 6.20 Å². The van der Waals surface area contributed by atoms with E-state index in [1.165, 1.54) is 4.90 Å². The number of carbonyl (C=O) groups is 1. The van der Waals surface area contributed by atoms with Gasteiger partial charge < -0.3 is 5.32 Å². The van der Waals surface area contributed by atoms with E-state index >= 15 is 0 Å². The molecule has 1 atom stereocenters. The first-order valence-electron chi connectivity index (χ1n) is 5.75. The van der Waals surface area contributed by atoms with Crippen LogP contribution in [0.3, 0.4) is 0 Å². The van der Waals surface area contributed by atoms with Crippen LogP contribution in [-0.2, 0) is 0 Å². The summed E-state index contributed by atoms with van der Waals surface area (Å²) >= 11 is 0. The van der Waals surface area contributed by atoms with Crippen molar-refractivity contribution < 1.29 is 9.69 Å². The molecule has 4 nitrogen and oxygen atoms in total. The molecule has 2 rings (SSSR count). The second kappa shape index (κ2) is 5.96. The molecular weight excluding hydrogens is 214 g/mol. The average molecular weight is 230 g/mol. The number of aliphatic imine (C=N–C) groups is 1. The van der Waals surface area contributed by atoms with E-state index in [9.17, 15) is 4.79 Å². The first-order chi connectivity index (χ1) is 8.36. The van der Waals surface area contributed by atoms with E-state index in [4.69, 9.17) is 0 Å². The van der Waals surface area contributed by atoms with E-state index in [-0.39, 0.29) is 5.91 Å². The normalized spacial score (nSPS) is 17.3. The third kappa shape index (κ3) is 3.53. The minimum absolute atomic E-state index is 0.00812. The van der Waals surface area contributed by atoms with Crippen molar-refractivity contribution >= 4 is 12.2 Å². The van der Waals surface area contributed by atoms with E-state index < -0.39 is 0 Å². The summed E-state index contributed by atoms with van der Waals surface area (Å²) < 4.78 is 0. The van der Waals surface area contributed by atoms with Crippen molar-refractivity contribution in [2.75, 3.05) is 13.1 Å².